The molecule has 8 heteroatoms. The highest BCUT2D eigenvalue weighted by molar-refractivity contribution is 7.94. The first kappa shape index (κ1) is 17.8. The van der Waals surface area contributed by atoms with Crippen molar-refractivity contribution in [1.29, 1.82) is 0 Å². The smallest absolute Gasteiger partial charge is 0.326 e. The van der Waals surface area contributed by atoms with Crippen LogP contribution in [0.25, 0.3) is 0 Å². The van der Waals surface area contributed by atoms with Crippen LogP contribution < -0.4 is 4.31 Å². The van der Waals surface area contributed by atoms with Crippen LogP contribution in [-0.2, 0) is 19.6 Å². The van der Waals surface area contributed by atoms with Gasteiger partial charge in [-0.15, -0.1) is 11.3 Å². The van der Waals surface area contributed by atoms with Gasteiger partial charge in [0.25, 0.3) is 10.0 Å². The summed E-state index contributed by atoms with van der Waals surface area (Å²) in [5.74, 6) is -0.609. The number of rotatable bonds is 6. The molecule has 0 aliphatic heterocycles. The molecule has 0 fully saturated rings. The molecule has 1 heterocycles. The Morgan fingerprint density at radius 1 is 1.35 bits per heavy atom. The molecule has 0 aliphatic carbocycles. The molecular formula is C15H16ClNO4S2. The predicted molar refractivity (Wildman–Crippen MR) is 91.7 cm³/mol. The van der Waals surface area contributed by atoms with Crippen LogP contribution in [0.2, 0.25) is 5.02 Å². The van der Waals surface area contributed by atoms with Crippen LogP contribution in [0, 0.1) is 6.92 Å². The normalized spacial score (nSPS) is 11.3. The maximum atomic E-state index is 12.9. The van der Waals surface area contributed by atoms with Crippen molar-refractivity contribution in [2.24, 2.45) is 0 Å². The van der Waals surface area contributed by atoms with Gasteiger partial charge in [-0.25, -0.2) is 8.42 Å². The van der Waals surface area contributed by atoms with Crippen LogP contribution in [0.5, 0.6) is 0 Å². The number of benzene rings is 1. The number of nitrogens with zero attached hydrogens (tertiary/aromatic N) is 1. The van der Waals surface area contributed by atoms with E-state index in [-0.39, 0.29) is 10.8 Å². The van der Waals surface area contributed by atoms with Crippen molar-refractivity contribution in [1.82, 2.24) is 0 Å². The molecule has 0 radical (unpaired) electrons. The standard InChI is InChI=1S/C15H16ClNO4S2/c1-3-21-14(18)10-17(13-7-6-12(16)9-11(13)2)23(19,20)15-5-4-8-22-15/h4-9H,3,10H2,1-2H3. The molecular weight excluding hydrogens is 358 g/mol. The molecule has 1 aromatic heterocycles. The third kappa shape index (κ3) is 4.04. The zero-order valence-electron chi connectivity index (χ0n) is 12.7. The highest BCUT2D eigenvalue weighted by Gasteiger charge is 2.29. The molecule has 0 aliphatic rings. The first-order valence-corrected chi connectivity index (χ1v) is 9.54. The Hall–Kier alpha value is -1.57. The van der Waals surface area contributed by atoms with Gasteiger partial charge in [-0.05, 0) is 49.1 Å². The summed E-state index contributed by atoms with van der Waals surface area (Å²) >= 11 is 7.03. The van der Waals surface area contributed by atoms with Crippen molar-refractivity contribution in [2.75, 3.05) is 17.5 Å². The summed E-state index contributed by atoms with van der Waals surface area (Å²) in [5, 5.41) is 2.17. The van der Waals surface area contributed by atoms with Crippen molar-refractivity contribution in [3.8, 4) is 0 Å². The molecule has 2 rings (SSSR count). The topological polar surface area (TPSA) is 63.7 Å². The lowest BCUT2D eigenvalue weighted by molar-refractivity contribution is -0.141. The van der Waals surface area contributed by atoms with Gasteiger partial charge in [0.2, 0.25) is 0 Å². The fourth-order valence-electron chi connectivity index (χ4n) is 2.04. The number of aryl methyl sites for hydroxylation is 1. The van der Waals surface area contributed by atoms with Crippen LogP contribution in [0.3, 0.4) is 0 Å². The van der Waals surface area contributed by atoms with Gasteiger partial charge in [-0.1, -0.05) is 17.7 Å². The van der Waals surface area contributed by atoms with E-state index < -0.39 is 22.5 Å². The van der Waals surface area contributed by atoms with E-state index in [1.54, 1.807) is 43.5 Å². The van der Waals surface area contributed by atoms with Crippen molar-refractivity contribution >= 4 is 44.6 Å². The molecule has 0 saturated heterocycles. The second-order valence-electron chi connectivity index (χ2n) is 4.68. The number of hydrogen-bond acceptors (Lipinski definition) is 5. The number of sulfonamides is 1. The molecule has 0 atom stereocenters. The summed E-state index contributed by atoms with van der Waals surface area (Å²) < 4.78 is 31.9. The van der Waals surface area contributed by atoms with Crippen molar-refractivity contribution < 1.29 is 17.9 Å². The average Bonchev–Trinajstić information content (AvgIpc) is 3.00. The van der Waals surface area contributed by atoms with E-state index >= 15 is 0 Å². The number of anilines is 1. The molecule has 0 saturated carbocycles. The molecule has 1 aromatic carbocycles. The third-order valence-electron chi connectivity index (χ3n) is 3.05. The zero-order chi connectivity index (χ0) is 17.0. The summed E-state index contributed by atoms with van der Waals surface area (Å²) in [4.78, 5) is 11.9. The fraction of sp³-hybridized carbons (Fsp3) is 0.267. The molecule has 5 nitrogen and oxygen atoms in total. The van der Waals surface area contributed by atoms with Crippen LogP contribution in [0.4, 0.5) is 5.69 Å². The van der Waals surface area contributed by atoms with E-state index in [2.05, 4.69) is 0 Å². The Morgan fingerprint density at radius 3 is 2.65 bits per heavy atom. The number of esters is 1. The van der Waals surface area contributed by atoms with Gasteiger partial charge in [-0.3, -0.25) is 9.10 Å². The lowest BCUT2D eigenvalue weighted by Crippen LogP contribution is -2.36. The van der Waals surface area contributed by atoms with E-state index in [0.29, 0.717) is 16.3 Å². The quantitative estimate of drug-likeness (QED) is 0.727. The van der Waals surface area contributed by atoms with Crippen molar-refractivity contribution in [3.05, 3.63) is 46.3 Å². The molecule has 0 bridgehead atoms. The predicted octanol–water partition coefficient (Wildman–Crippen LogP) is 3.47. The van der Waals surface area contributed by atoms with Crippen LogP contribution in [0.15, 0.2) is 39.9 Å². The Kier molecular flexibility index (Phi) is 5.67. The minimum atomic E-state index is -3.85. The Bertz CT molecular complexity index is 788. The molecule has 23 heavy (non-hydrogen) atoms. The van der Waals surface area contributed by atoms with E-state index in [0.717, 1.165) is 15.6 Å². The summed E-state index contributed by atoms with van der Waals surface area (Å²) in [6.07, 6.45) is 0. The van der Waals surface area contributed by atoms with Gasteiger partial charge in [0.15, 0.2) is 0 Å². The van der Waals surface area contributed by atoms with Crippen molar-refractivity contribution in [3.63, 3.8) is 0 Å². The van der Waals surface area contributed by atoms with Gasteiger partial charge in [-0.2, -0.15) is 0 Å². The number of hydrogen-bond donors (Lipinski definition) is 0. The van der Waals surface area contributed by atoms with E-state index in [4.69, 9.17) is 16.3 Å². The van der Waals surface area contributed by atoms with Crippen molar-refractivity contribution in [2.45, 2.75) is 18.1 Å². The SMILES string of the molecule is CCOC(=O)CN(c1ccc(Cl)cc1C)S(=O)(=O)c1cccs1. The highest BCUT2D eigenvalue weighted by atomic mass is 35.5. The Labute approximate surface area is 144 Å². The van der Waals surface area contributed by atoms with Gasteiger partial charge in [0.05, 0.1) is 12.3 Å². The average molecular weight is 374 g/mol. The van der Waals surface area contributed by atoms with E-state index in [9.17, 15) is 13.2 Å². The van der Waals surface area contributed by atoms with Crippen LogP contribution in [-0.4, -0.2) is 27.5 Å². The van der Waals surface area contributed by atoms with Gasteiger partial charge < -0.3 is 4.74 Å². The minimum Gasteiger partial charge on any atom is -0.465 e. The zero-order valence-corrected chi connectivity index (χ0v) is 15.0. The molecule has 124 valence electrons. The summed E-state index contributed by atoms with van der Waals surface area (Å²) in [7, 11) is -3.85. The lowest BCUT2D eigenvalue weighted by Gasteiger charge is -2.24. The number of ether oxygens (including phenoxy) is 1. The maximum Gasteiger partial charge on any atom is 0.326 e. The van der Waals surface area contributed by atoms with Gasteiger partial charge >= 0.3 is 5.97 Å². The summed E-state index contributed by atoms with van der Waals surface area (Å²) in [5.41, 5.74) is 1.05. The minimum absolute atomic E-state index is 0.163. The monoisotopic (exact) mass is 373 g/mol. The first-order chi connectivity index (χ1) is 10.9. The van der Waals surface area contributed by atoms with Crippen LogP contribution in [0.1, 0.15) is 12.5 Å². The highest BCUT2D eigenvalue weighted by Crippen LogP contribution is 2.30. The number of carbonyl (C=O) groups is 1. The number of halogens is 1. The first-order valence-electron chi connectivity index (χ1n) is 6.84. The molecule has 0 unspecified atom stereocenters. The number of thiophene rings is 1. The number of carbonyl (C=O) groups excluding carboxylic acids is 1. The lowest BCUT2D eigenvalue weighted by atomic mass is 10.2. The third-order valence-corrected chi connectivity index (χ3v) is 6.41. The summed E-state index contributed by atoms with van der Waals surface area (Å²) in [6.45, 7) is 3.20. The second kappa shape index (κ2) is 7.33. The second-order valence-corrected chi connectivity index (χ2v) is 8.15. The molecule has 0 N–H and O–H groups in total. The Balaban J connectivity index is 2.50. The van der Waals surface area contributed by atoms with E-state index in [1.807, 2.05) is 0 Å². The van der Waals surface area contributed by atoms with Gasteiger partial charge in [0.1, 0.15) is 10.8 Å². The Morgan fingerprint density at radius 2 is 2.09 bits per heavy atom. The van der Waals surface area contributed by atoms with Gasteiger partial charge in [0, 0.05) is 5.02 Å². The molecule has 2 aromatic rings. The maximum absolute atomic E-state index is 12.9. The largest absolute Gasteiger partial charge is 0.465 e. The van der Waals surface area contributed by atoms with E-state index in [1.165, 1.54) is 6.07 Å². The van der Waals surface area contributed by atoms with Crippen LogP contribution >= 0.6 is 22.9 Å². The molecule has 0 spiro atoms. The molecule has 0 amide bonds. The summed E-state index contributed by atoms with van der Waals surface area (Å²) in [6, 6.07) is 7.98. The fourth-order valence-corrected chi connectivity index (χ4v) is 4.85.